The van der Waals surface area contributed by atoms with E-state index in [0.717, 1.165) is 16.9 Å². The van der Waals surface area contributed by atoms with Gasteiger partial charge in [-0.1, -0.05) is 12.1 Å². The zero-order chi connectivity index (χ0) is 13.0. The Balaban J connectivity index is 2.16. The standard InChI is InChI=1S/C15H18N2O/c1-15(2,13-7-9-17-10-8-13)18-14-5-3-12(11-16)4-6-14/h3-10H,11,16H2,1-2H3. The number of aromatic nitrogens is 1. The third kappa shape index (κ3) is 2.87. The van der Waals surface area contributed by atoms with Crippen LogP contribution in [0.3, 0.4) is 0 Å². The summed E-state index contributed by atoms with van der Waals surface area (Å²) in [5, 5.41) is 0. The Bertz CT molecular complexity index is 492. The first-order valence-electron chi connectivity index (χ1n) is 6.00. The van der Waals surface area contributed by atoms with Crippen LogP contribution in [-0.2, 0) is 12.1 Å². The van der Waals surface area contributed by atoms with Crippen molar-refractivity contribution in [1.82, 2.24) is 4.98 Å². The lowest BCUT2D eigenvalue weighted by atomic mass is 9.99. The quantitative estimate of drug-likeness (QED) is 0.896. The van der Waals surface area contributed by atoms with Gasteiger partial charge in [0.15, 0.2) is 0 Å². The Labute approximate surface area is 108 Å². The Kier molecular flexibility index (Phi) is 3.63. The summed E-state index contributed by atoms with van der Waals surface area (Å²) in [5.74, 6) is 0.842. The second kappa shape index (κ2) is 5.19. The summed E-state index contributed by atoms with van der Waals surface area (Å²) in [7, 11) is 0. The van der Waals surface area contributed by atoms with Crippen molar-refractivity contribution in [3.63, 3.8) is 0 Å². The molecule has 0 aliphatic carbocycles. The van der Waals surface area contributed by atoms with Crippen LogP contribution in [-0.4, -0.2) is 4.98 Å². The first kappa shape index (κ1) is 12.6. The topological polar surface area (TPSA) is 48.1 Å². The smallest absolute Gasteiger partial charge is 0.128 e. The maximum absolute atomic E-state index is 6.02. The minimum Gasteiger partial charge on any atom is -0.483 e. The third-order valence-electron chi connectivity index (χ3n) is 2.91. The molecule has 0 saturated heterocycles. The van der Waals surface area contributed by atoms with E-state index in [9.17, 15) is 0 Å². The summed E-state index contributed by atoms with van der Waals surface area (Å²) in [4.78, 5) is 4.02. The van der Waals surface area contributed by atoms with Gasteiger partial charge in [0, 0.05) is 18.9 Å². The third-order valence-corrected chi connectivity index (χ3v) is 2.91. The van der Waals surface area contributed by atoms with Crippen molar-refractivity contribution in [2.24, 2.45) is 5.73 Å². The summed E-state index contributed by atoms with van der Waals surface area (Å²) in [6, 6.07) is 11.8. The molecule has 0 amide bonds. The Morgan fingerprint density at radius 1 is 1.06 bits per heavy atom. The monoisotopic (exact) mass is 242 g/mol. The number of rotatable bonds is 4. The van der Waals surface area contributed by atoms with Crippen LogP contribution >= 0.6 is 0 Å². The highest BCUT2D eigenvalue weighted by Gasteiger charge is 2.22. The second-order valence-corrected chi connectivity index (χ2v) is 4.70. The van der Waals surface area contributed by atoms with Crippen molar-refractivity contribution in [2.45, 2.75) is 26.0 Å². The number of pyridine rings is 1. The molecular formula is C15H18N2O. The number of benzene rings is 1. The van der Waals surface area contributed by atoms with Crippen molar-refractivity contribution in [3.8, 4) is 5.75 Å². The van der Waals surface area contributed by atoms with Crippen molar-refractivity contribution >= 4 is 0 Å². The van der Waals surface area contributed by atoms with Gasteiger partial charge in [-0.15, -0.1) is 0 Å². The van der Waals surface area contributed by atoms with Gasteiger partial charge in [-0.05, 0) is 49.2 Å². The molecule has 0 saturated carbocycles. The molecule has 2 aromatic rings. The van der Waals surface area contributed by atoms with Crippen LogP contribution in [0.25, 0.3) is 0 Å². The summed E-state index contributed by atoms with van der Waals surface area (Å²) in [5.41, 5.74) is 7.39. The van der Waals surface area contributed by atoms with Gasteiger partial charge in [-0.25, -0.2) is 0 Å². The minimum atomic E-state index is -0.382. The number of ether oxygens (including phenoxy) is 1. The lowest BCUT2D eigenvalue weighted by Crippen LogP contribution is -2.25. The van der Waals surface area contributed by atoms with Gasteiger partial charge in [0.25, 0.3) is 0 Å². The Hall–Kier alpha value is -1.87. The molecule has 0 aliphatic heterocycles. The van der Waals surface area contributed by atoms with Gasteiger partial charge in [0.2, 0.25) is 0 Å². The first-order valence-corrected chi connectivity index (χ1v) is 6.00. The second-order valence-electron chi connectivity index (χ2n) is 4.70. The average molecular weight is 242 g/mol. The van der Waals surface area contributed by atoms with E-state index < -0.39 is 0 Å². The number of hydrogen-bond acceptors (Lipinski definition) is 3. The number of nitrogens with zero attached hydrogens (tertiary/aromatic N) is 1. The van der Waals surface area contributed by atoms with Crippen molar-refractivity contribution in [2.75, 3.05) is 0 Å². The summed E-state index contributed by atoms with van der Waals surface area (Å²) >= 11 is 0. The molecule has 2 N–H and O–H groups in total. The molecule has 1 heterocycles. The van der Waals surface area contributed by atoms with E-state index >= 15 is 0 Å². The van der Waals surface area contributed by atoms with Crippen LogP contribution < -0.4 is 10.5 Å². The molecule has 3 heteroatoms. The van der Waals surface area contributed by atoms with Gasteiger partial charge < -0.3 is 10.5 Å². The van der Waals surface area contributed by atoms with Crippen molar-refractivity contribution in [3.05, 3.63) is 59.9 Å². The molecule has 94 valence electrons. The van der Waals surface area contributed by atoms with Crippen LogP contribution in [0, 0.1) is 0 Å². The molecule has 0 spiro atoms. The Morgan fingerprint density at radius 2 is 1.67 bits per heavy atom. The molecule has 0 radical (unpaired) electrons. The molecule has 18 heavy (non-hydrogen) atoms. The highest BCUT2D eigenvalue weighted by Crippen LogP contribution is 2.27. The van der Waals surface area contributed by atoms with Gasteiger partial charge in [-0.3, -0.25) is 4.98 Å². The molecule has 0 atom stereocenters. The molecule has 0 bridgehead atoms. The highest BCUT2D eigenvalue weighted by atomic mass is 16.5. The van der Waals surface area contributed by atoms with E-state index in [-0.39, 0.29) is 5.60 Å². The average Bonchev–Trinajstić information content (AvgIpc) is 2.40. The number of hydrogen-bond donors (Lipinski definition) is 1. The maximum Gasteiger partial charge on any atom is 0.128 e. The highest BCUT2D eigenvalue weighted by molar-refractivity contribution is 5.29. The lowest BCUT2D eigenvalue weighted by Gasteiger charge is -2.27. The SMILES string of the molecule is CC(C)(Oc1ccc(CN)cc1)c1ccncc1. The largest absolute Gasteiger partial charge is 0.483 e. The Morgan fingerprint density at radius 3 is 2.22 bits per heavy atom. The summed E-state index contributed by atoms with van der Waals surface area (Å²) < 4.78 is 6.02. The van der Waals surface area contributed by atoms with Crippen LogP contribution in [0.15, 0.2) is 48.8 Å². The zero-order valence-corrected chi connectivity index (χ0v) is 10.8. The predicted octanol–water partition coefficient (Wildman–Crippen LogP) is 2.85. The zero-order valence-electron chi connectivity index (χ0n) is 10.8. The fraction of sp³-hybridized carbons (Fsp3) is 0.267. The summed E-state index contributed by atoms with van der Waals surface area (Å²) in [6.45, 7) is 4.63. The van der Waals surface area contributed by atoms with E-state index in [2.05, 4.69) is 4.98 Å². The fourth-order valence-corrected chi connectivity index (χ4v) is 1.80. The molecule has 0 fully saturated rings. The van der Waals surface area contributed by atoms with E-state index in [4.69, 9.17) is 10.5 Å². The van der Waals surface area contributed by atoms with Crippen LogP contribution in [0.5, 0.6) is 5.75 Å². The predicted molar refractivity (Wildman–Crippen MR) is 72.2 cm³/mol. The van der Waals surface area contributed by atoms with E-state index in [1.165, 1.54) is 0 Å². The van der Waals surface area contributed by atoms with Gasteiger partial charge >= 0.3 is 0 Å². The van der Waals surface area contributed by atoms with Gasteiger partial charge in [0.1, 0.15) is 11.4 Å². The van der Waals surface area contributed by atoms with Gasteiger partial charge in [-0.2, -0.15) is 0 Å². The van der Waals surface area contributed by atoms with Gasteiger partial charge in [0.05, 0.1) is 0 Å². The van der Waals surface area contributed by atoms with E-state index in [1.807, 2.05) is 50.2 Å². The number of nitrogens with two attached hydrogens (primary N) is 1. The van der Waals surface area contributed by atoms with Crippen LogP contribution in [0.1, 0.15) is 25.0 Å². The summed E-state index contributed by atoms with van der Waals surface area (Å²) in [6.07, 6.45) is 3.55. The maximum atomic E-state index is 6.02. The molecule has 1 aromatic heterocycles. The normalized spacial score (nSPS) is 11.3. The van der Waals surface area contributed by atoms with E-state index in [0.29, 0.717) is 6.54 Å². The van der Waals surface area contributed by atoms with Crippen LogP contribution in [0.4, 0.5) is 0 Å². The lowest BCUT2D eigenvalue weighted by molar-refractivity contribution is 0.108. The first-order chi connectivity index (χ1) is 8.62. The molecule has 0 unspecified atom stereocenters. The van der Waals surface area contributed by atoms with Crippen molar-refractivity contribution < 1.29 is 4.74 Å². The molecule has 3 nitrogen and oxygen atoms in total. The molecular weight excluding hydrogens is 224 g/mol. The molecule has 0 aliphatic rings. The minimum absolute atomic E-state index is 0.382. The van der Waals surface area contributed by atoms with E-state index in [1.54, 1.807) is 12.4 Å². The molecule has 1 aromatic carbocycles. The van der Waals surface area contributed by atoms with Crippen molar-refractivity contribution in [1.29, 1.82) is 0 Å². The fourth-order valence-electron chi connectivity index (χ4n) is 1.80. The van der Waals surface area contributed by atoms with Crippen LogP contribution in [0.2, 0.25) is 0 Å². The molecule has 2 rings (SSSR count).